The van der Waals surface area contributed by atoms with Crippen molar-refractivity contribution in [3.63, 3.8) is 0 Å². The summed E-state index contributed by atoms with van der Waals surface area (Å²) in [5.74, 6) is 0. The molecule has 0 radical (unpaired) electrons. The third-order valence-electron chi connectivity index (χ3n) is 5.30. The first-order valence-electron chi connectivity index (χ1n) is 10.2. The molecule has 4 aromatic rings. The summed E-state index contributed by atoms with van der Waals surface area (Å²) >= 11 is 0. The van der Waals surface area contributed by atoms with Crippen LogP contribution < -0.4 is 0 Å². The monoisotopic (exact) mass is 392 g/mol. The summed E-state index contributed by atoms with van der Waals surface area (Å²) in [6.45, 7) is 0. The molecule has 0 unspecified atom stereocenters. The van der Waals surface area contributed by atoms with Crippen LogP contribution in [0.4, 0.5) is 0 Å². The molecular formula is C27H24N2O. The summed E-state index contributed by atoms with van der Waals surface area (Å²) in [7, 11) is 0. The average molecular weight is 393 g/mol. The van der Waals surface area contributed by atoms with Gasteiger partial charge in [0.05, 0.1) is 12.0 Å². The topological polar surface area (TPSA) is 34.9 Å². The second-order valence-corrected chi connectivity index (χ2v) is 7.16. The van der Waals surface area contributed by atoms with Gasteiger partial charge in [0.15, 0.2) is 0 Å². The lowest BCUT2D eigenvalue weighted by Gasteiger charge is -2.37. The SMILES string of the molecule is O=CCCC=Cc1cn(C(c2ccccc2)(c2ccccc2)c2ccccc2)cn1. The summed E-state index contributed by atoms with van der Waals surface area (Å²) in [5, 5.41) is 0. The minimum Gasteiger partial charge on any atom is -0.318 e. The summed E-state index contributed by atoms with van der Waals surface area (Å²) < 4.78 is 2.19. The zero-order valence-electron chi connectivity index (χ0n) is 16.8. The standard InChI is InChI=1S/C27H24N2O/c30-20-12-4-11-19-26-21-29(22-28-26)27(23-13-5-1-6-14-23,24-15-7-2-8-16-24)25-17-9-3-10-18-25/h1-3,5-11,13-22H,4,12H2. The average Bonchev–Trinajstić information content (AvgIpc) is 3.29. The van der Waals surface area contributed by atoms with Crippen LogP contribution >= 0.6 is 0 Å². The second-order valence-electron chi connectivity index (χ2n) is 7.16. The Hall–Kier alpha value is -3.72. The molecule has 0 saturated heterocycles. The van der Waals surface area contributed by atoms with Crippen LogP contribution in [0.2, 0.25) is 0 Å². The van der Waals surface area contributed by atoms with Crippen molar-refractivity contribution in [1.82, 2.24) is 9.55 Å². The summed E-state index contributed by atoms with van der Waals surface area (Å²) in [4.78, 5) is 15.2. The molecule has 1 heterocycles. The maximum absolute atomic E-state index is 10.6. The summed E-state index contributed by atoms with van der Waals surface area (Å²) in [6.07, 6.45) is 10.1. The number of carbonyl (C=O) groups is 1. The van der Waals surface area contributed by atoms with Gasteiger partial charge in [0, 0.05) is 12.6 Å². The smallest absolute Gasteiger partial charge is 0.121 e. The normalized spacial score (nSPS) is 11.6. The lowest BCUT2D eigenvalue weighted by atomic mass is 9.77. The van der Waals surface area contributed by atoms with Gasteiger partial charge in [-0.3, -0.25) is 0 Å². The number of aromatic nitrogens is 2. The number of imidazole rings is 1. The number of nitrogens with zero attached hydrogens (tertiary/aromatic N) is 2. The van der Waals surface area contributed by atoms with E-state index in [-0.39, 0.29) is 0 Å². The van der Waals surface area contributed by atoms with Crippen molar-refractivity contribution in [3.05, 3.63) is 132 Å². The first-order chi connectivity index (χ1) is 14.9. The lowest BCUT2D eigenvalue weighted by molar-refractivity contribution is -0.107. The second kappa shape index (κ2) is 9.19. The number of aldehydes is 1. The first kappa shape index (κ1) is 19.6. The van der Waals surface area contributed by atoms with Crippen molar-refractivity contribution >= 4 is 12.4 Å². The molecule has 0 atom stereocenters. The zero-order valence-corrected chi connectivity index (χ0v) is 16.8. The van der Waals surface area contributed by atoms with Crippen LogP contribution in [-0.4, -0.2) is 15.8 Å². The predicted molar refractivity (Wildman–Crippen MR) is 121 cm³/mol. The fraction of sp³-hybridized carbons (Fsp3) is 0.111. The van der Waals surface area contributed by atoms with Crippen LogP contribution in [0.1, 0.15) is 35.2 Å². The fourth-order valence-electron chi connectivity index (χ4n) is 3.96. The molecule has 4 rings (SSSR count). The highest BCUT2D eigenvalue weighted by molar-refractivity contribution is 5.53. The largest absolute Gasteiger partial charge is 0.318 e. The minimum absolute atomic E-state index is 0.527. The molecule has 0 spiro atoms. The summed E-state index contributed by atoms with van der Waals surface area (Å²) in [5.41, 5.74) is 3.81. The molecule has 0 aliphatic rings. The van der Waals surface area contributed by atoms with E-state index in [1.807, 2.05) is 36.7 Å². The van der Waals surface area contributed by atoms with Gasteiger partial charge in [-0.1, -0.05) is 97.1 Å². The van der Waals surface area contributed by atoms with E-state index >= 15 is 0 Å². The molecule has 0 aliphatic heterocycles. The molecule has 0 aliphatic carbocycles. The maximum Gasteiger partial charge on any atom is 0.121 e. The predicted octanol–water partition coefficient (Wildman–Crippen LogP) is 5.72. The number of hydrogen-bond acceptors (Lipinski definition) is 2. The van der Waals surface area contributed by atoms with E-state index < -0.39 is 5.54 Å². The van der Waals surface area contributed by atoms with Gasteiger partial charge < -0.3 is 9.36 Å². The van der Waals surface area contributed by atoms with Crippen molar-refractivity contribution in [1.29, 1.82) is 0 Å². The zero-order chi connectivity index (χ0) is 20.7. The Morgan fingerprint density at radius 3 is 1.70 bits per heavy atom. The molecule has 1 aromatic heterocycles. The molecule has 0 bridgehead atoms. The van der Waals surface area contributed by atoms with E-state index in [1.54, 1.807) is 0 Å². The van der Waals surface area contributed by atoms with Crippen LogP contribution in [-0.2, 0) is 10.3 Å². The van der Waals surface area contributed by atoms with Crippen molar-refractivity contribution < 1.29 is 4.79 Å². The Labute approximate surface area is 177 Å². The van der Waals surface area contributed by atoms with Crippen LogP contribution in [0.3, 0.4) is 0 Å². The van der Waals surface area contributed by atoms with Crippen molar-refractivity contribution in [2.75, 3.05) is 0 Å². The van der Waals surface area contributed by atoms with E-state index in [0.717, 1.165) is 35.1 Å². The minimum atomic E-state index is -0.550. The van der Waals surface area contributed by atoms with Crippen molar-refractivity contribution in [2.24, 2.45) is 0 Å². The number of hydrogen-bond donors (Lipinski definition) is 0. The number of rotatable bonds is 8. The van der Waals surface area contributed by atoms with Crippen LogP contribution in [0.15, 0.2) is 110 Å². The van der Waals surface area contributed by atoms with E-state index in [1.165, 1.54) is 0 Å². The Balaban J connectivity index is 1.93. The third kappa shape index (κ3) is 3.74. The van der Waals surface area contributed by atoms with Crippen LogP contribution in [0.25, 0.3) is 6.08 Å². The Morgan fingerprint density at radius 2 is 1.23 bits per heavy atom. The van der Waals surface area contributed by atoms with Gasteiger partial charge in [-0.2, -0.15) is 0 Å². The highest BCUT2D eigenvalue weighted by Crippen LogP contribution is 2.40. The molecule has 3 nitrogen and oxygen atoms in total. The molecule has 148 valence electrons. The van der Waals surface area contributed by atoms with Gasteiger partial charge in [0.25, 0.3) is 0 Å². The molecule has 30 heavy (non-hydrogen) atoms. The lowest BCUT2D eigenvalue weighted by Crippen LogP contribution is -2.36. The van der Waals surface area contributed by atoms with Crippen LogP contribution in [0, 0.1) is 0 Å². The van der Waals surface area contributed by atoms with E-state index in [0.29, 0.717) is 6.42 Å². The number of allylic oxidation sites excluding steroid dienone is 1. The van der Waals surface area contributed by atoms with Crippen LogP contribution in [0.5, 0.6) is 0 Å². The van der Waals surface area contributed by atoms with Crippen molar-refractivity contribution in [2.45, 2.75) is 18.4 Å². The Kier molecular flexibility index (Phi) is 6.00. The molecule has 0 saturated carbocycles. The van der Waals surface area contributed by atoms with E-state index in [4.69, 9.17) is 0 Å². The number of carbonyl (C=O) groups excluding carboxylic acids is 1. The van der Waals surface area contributed by atoms with Gasteiger partial charge in [-0.25, -0.2) is 4.98 Å². The van der Waals surface area contributed by atoms with Gasteiger partial charge in [0.1, 0.15) is 11.8 Å². The maximum atomic E-state index is 10.6. The van der Waals surface area contributed by atoms with Gasteiger partial charge >= 0.3 is 0 Å². The quantitative estimate of drug-likeness (QED) is 0.218. The Bertz CT molecular complexity index is 1000. The highest BCUT2D eigenvalue weighted by atomic mass is 16.1. The van der Waals surface area contributed by atoms with Gasteiger partial charge in [0.2, 0.25) is 0 Å². The van der Waals surface area contributed by atoms with Gasteiger partial charge in [-0.15, -0.1) is 0 Å². The van der Waals surface area contributed by atoms with Crippen molar-refractivity contribution in [3.8, 4) is 0 Å². The number of benzene rings is 3. The molecule has 0 amide bonds. The molecule has 3 heteroatoms. The molecule has 0 N–H and O–H groups in total. The van der Waals surface area contributed by atoms with E-state index in [2.05, 4.69) is 88.5 Å². The molecule has 3 aromatic carbocycles. The fourth-order valence-corrected chi connectivity index (χ4v) is 3.96. The third-order valence-corrected chi connectivity index (χ3v) is 5.30. The molecule has 0 fully saturated rings. The molecular weight excluding hydrogens is 368 g/mol. The summed E-state index contributed by atoms with van der Waals surface area (Å²) in [6, 6.07) is 31.6. The van der Waals surface area contributed by atoms with Gasteiger partial charge in [-0.05, 0) is 29.2 Å². The first-order valence-corrected chi connectivity index (χ1v) is 10.2. The Morgan fingerprint density at radius 1 is 0.733 bits per heavy atom. The number of unbranched alkanes of at least 4 members (excludes halogenated alkanes) is 1. The highest BCUT2D eigenvalue weighted by Gasteiger charge is 2.38. The van der Waals surface area contributed by atoms with E-state index in [9.17, 15) is 4.79 Å².